The van der Waals surface area contributed by atoms with Gasteiger partial charge in [-0.25, -0.2) is 4.79 Å². The number of carbonyl (C=O) groups excluding carboxylic acids is 3. The zero-order chi connectivity index (χ0) is 17.5. The van der Waals surface area contributed by atoms with Gasteiger partial charge in [0, 0.05) is 4.75 Å². The Hall–Kier alpha value is -2.02. The lowest BCUT2D eigenvalue weighted by Crippen LogP contribution is -2.76. The fourth-order valence-corrected chi connectivity index (χ4v) is 5.50. The van der Waals surface area contributed by atoms with E-state index in [2.05, 4.69) is 5.32 Å². The molecule has 1 aromatic carbocycles. The maximum atomic E-state index is 12.7. The summed E-state index contributed by atoms with van der Waals surface area (Å²) < 4.78 is 4.95. The minimum absolute atomic E-state index is 0.172. The highest BCUT2D eigenvalue weighted by molar-refractivity contribution is 8.02. The fraction of sp³-hybridized carbons (Fsp3) is 0.471. The first-order chi connectivity index (χ1) is 11.3. The zero-order valence-corrected chi connectivity index (χ0v) is 14.6. The lowest BCUT2D eigenvalue weighted by Gasteiger charge is -2.51. The van der Waals surface area contributed by atoms with Gasteiger partial charge in [0.15, 0.2) is 0 Å². The Morgan fingerprint density at radius 1 is 1.33 bits per heavy atom. The van der Waals surface area contributed by atoms with E-state index in [4.69, 9.17) is 4.74 Å². The lowest BCUT2D eigenvalue weighted by atomic mass is 9.89. The van der Waals surface area contributed by atoms with Crippen LogP contribution in [0.25, 0.3) is 0 Å². The van der Waals surface area contributed by atoms with Crippen LogP contribution in [-0.4, -0.2) is 44.9 Å². The van der Waals surface area contributed by atoms with Crippen molar-refractivity contribution < 1.29 is 19.1 Å². The Morgan fingerprint density at radius 2 is 2.00 bits per heavy atom. The van der Waals surface area contributed by atoms with Crippen molar-refractivity contribution in [3.63, 3.8) is 0 Å². The first-order valence-corrected chi connectivity index (χ1v) is 8.56. The molecular formula is C17H20N2O4S. The van der Waals surface area contributed by atoms with Crippen LogP contribution in [0.3, 0.4) is 0 Å². The van der Waals surface area contributed by atoms with Crippen molar-refractivity contribution in [1.82, 2.24) is 10.2 Å². The predicted molar refractivity (Wildman–Crippen MR) is 89.9 cm³/mol. The molecule has 128 valence electrons. The molecule has 3 atom stereocenters. The molecule has 2 amide bonds. The minimum atomic E-state index is -0.673. The third-order valence-electron chi connectivity index (χ3n) is 4.57. The largest absolute Gasteiger partial charge is 0.459 e. The average Bonchev–Trinajstić information content (AvgIpc) is 2.74. The molecule has 0 aliphatic carbocycles. The summed E-state index contributed by atoms with van der Waals surface area (Å²) in [6.45, 7) is 5.88. The molecule has 24 heavy (non-hydrogen) atoms. The topological polar surface area (TPSA) is 75.7 Å². The summed E-state index contributed by atoms with van der Waals surface area (Å²) in [7, 11) is 0. The fourth-order valence-electron chi connectivity index (χ4n) is 3.54. The molecule has 0 spiro atoms. The van der Waals surface area contributed by atoms with E-state index in [1.807, 2.05) is 51.1 Å². The van der Waals surface area contributed by atoms with Gasteiger partial charge in [-0.15, -0.1) is 11.8 Å². The number of hydrogen-bond acceptors (Lipinski definition) is 5. The second kappa shape index (κ2) is 5.81. The van der Waals surface area contributed by atoms with E-state index in [0.717, 1.165) is 5.56 Å². The Labute approximate surface area is 144 Å². The monoisotopic (exact) mass is 348 g/mol. The van der Waals surface area contributed by atoms with E-state index in [0.29, 0.717) is 6.41 Å². The zero-order valence-electron chi connectivity index (χ0n) is 13.8. The smallest absolute Gasteiger partial charge is 0.330 e. The second-order valence-corrected chi connectivity index (χ2v) is 8.76. The molecule has 0 radical (unpaired) electrons. The van der Waals surface area contributed by atoms with Crippen LogP contribution in [0.4, 0.5) is 0 Å². The Bertz CT molecular complexity index is 678. The van der Waals surface area contributed by atoms with Gasteiger partial charge < -0.3 is 15.0 Å². The van der Waals surface area contributed by atoms with Crippen LogP contribution >= 0.6 is 11.8 Å². The third-order valence-corrected chi connectivity index (χ3v) is 6.16. The van der Waals surface area contributed by atoms with Gasteiger partial charge in [0.05, 0.1) is 0 Å². The van der Waals surface area contributed by atoms with Crippen molar-refractivity contribution in [2.75, 3.05) is 0 Å². The summed E-state index contributed by atoms with van der Waals surface area (Å²) in [6.07, 6.45) is 0.528. The molecule has 2 aliphatic heterocycles. The number of rotatable bonds is 5. The highest BCUT2D eigenvalue weighted by Crippen LogP contribution is 2.58. The Morgan fingerprint density at radius 3 is 2.62 bits per heavy atom. The summed E-state index contributed by atoms with van der Waals surface area (Å²) in [4.78, 5) is 36.7. The molecule has 2 aliphatic rings. The summed E-state index contributed by atoms with van der Waals surface area (Å²) in [5.41, 5.74) is 0.896. The van der Waals surface area contributed by atoms with E-state index >= 15 is 0 Å². The first-order valence-electron chi connectivity index (χ1n) is 7.75. The molecular weight excluding hydrogens is 328 g/mol. The number of benzene rings is 1. The van der Waals surface area contributed by atoms with Crippen LogP contribution in [0.5, 0.6) is 0 Å². The van der Waals surface area contributed by atoms with Gasteiger partial charge in [0.1, 0.15) is 23.6 Å². The van der Waals surface area contributed by atoms with Gasteiger partial charge in [-0.2, -0.15) is 0 Å². The quantitative estimate of drug-likeness (QED) is 0.493. The van der Waals surface area contributed by atoms with E-state index in [9.17, 15) is 14.4 Å². The van der Waals surface area contributed by atoms with Gasteiger partial charge in [0.2, 0.25) is 12.3 Å². The molecule has 7 heteroatoms. The SMILES string of the molecule is CC1(C)SC2(C)[C@H](NC=O)C(=O)N2[C@H]1C(=O)OCc1ccccc1. The summed E-state index contributed by atoms with van der Waals surface area (Å²) in [5, 5.41) is 2.55. The molecule has 1 unspecified atom stereocenters. The van der Waals surface area contributed by atoms with E-state index in [-0.39, 0.29) is 12.5 Å². The second-order valence-electron chi connectivity index (χ2n) is 6.68. The molecule has 1 N–H and O–H groups in total. The van der Waals surface area contributed by atoms with Crippen LogP contribution < -0.4 is 5.32 Å². The molecule has 1 aromatic rings. The van der Waals surface area contributed by atoms with Crippen LogP contribution in [0.1, 0.15) is 26.3 Å². The maximum Gasteiger partial charge on any atom is 0.330 e. The standard InChI is InChI=1S/C17H20N2O4S/c1-16(2)13(15(22)23-9-11-7-5-4-6-8-11)19-14(21)12(18-10-20)17(19,3)24-16/h4-8,10,12-13H,9H2,1-3H3,(H,18,20)/t12-,13+,17?/m1/s1. The molecule has 2 heterocycles. The molecule has 2 saturated heterocycles. The highest BCUT2D eigenvalue weighted by Gasteiger charge is 2.71. The molecule has 0 aromatic heterocycles. The normalized spacial score (nSPS) is 30.3. The number of thioether (sulfide) groups is 1. The van der Waals surface area contributed by atoms with Crippen molar-refractivity contribution >= 4 is 30.0 Å². The van der Waals surface area contributed by atoms with Crippen LogP contribution in [0.2, 0.25) is 0 Å². The lowest BCUT2D eigenvalue weighted by molar-refractivity contribution is -0.170. The first kappa shape index (κ1) is 16.8. The average molecular weight is 348 g/mol. The number of hydrogen-bond donors (Lipinski definition) is 1. The summed E-state index contributed by atoms with van der Waals surface area (Å²) >= 11 is 1.51. The Kier molecular flexibility index (Phi) is 4.07. The molecule has 6 nitrogen and oxygen atoms in total. The van der Waals surface area contributed by atoms with Crippen LogP contribution in [0, 0.1) is 0 Å². The van der Waals surface area contributed by atoms with Crippen molar-refractivity contribution in [2.45, 2.75) is 49.1 Å². The van der Waals surface area contributed by atoms with Gasteiger partial charge in [-0.3, -0.25) is 9.59 Å². The van der Waals surface area contributed by atoms with Crippen molar-refractivity contribution in [3.8, 4) is 0 Å². The minimum Gasteiger partial charge on any atom is -0.459 e. The number of esters is 1. The number of amides is 2. The summed E-state index contributed by atoms with van der Waals surface area (Å²) in [6, 6.07) is 8.13. The number of carbonyl (C=O) groups is 3. The molecule has 3 rings (SSSR count). The van der Waals surface area contributed by atoms with Gasteiger partial charge in [0.25, 0.3) is 0 Å². The van der Waals surface area contributed by atoms with E-state index in [1.165, 1.54) is 11.8 Å². The molecule has 0 bridgehead atoms. The van der Waals surface area contributed by atoms with E-state index in [1.54, 1.807) is 4.90 Å². The van der Waals surface area contributed by atoms with Crippen molar-refractivity contribution in [3.05, 3.63) is 35.9 Å². The highest BCUT2D eigenvalue weighted by atomic mass is 32.2. The molecule has 2 fully saturated rings. The van der Waals surface area contributed by atoms with Crippen LogP contribution in [-0.2, 0) is 25.7 Å². The van der Waals surface area contributed by atoms with Gasteiger partial charge >= 0.3 is 5.97 Å². The van der Waals surface area contributed by atoms with Gasteiger partial charge in [-0.1, -0.05) is 30.3 Å². The van der Waals surface area contributed by atoms with Crippen molar-refractivity contribution in [1.29, 1.82) is 0 Å². The number of nitrogens with zero attached hydrogens (tertiary/aromatic N) is 1. The summed E-state index contributed by atoms with van der Waals surface area (Å²) in [5.74, 6) is -0.665. The molecule has 0 saturated carbocycles. The number of fused-ring (bicyclic) bond motifs is 1. The Balaban J connectivity index is 1.76. The van der Waals surface area contributed by atoms with Gasteiger partial charge in [-0.05, 0) is 26.3 Å². The predicted octanol–water partition coefficient (Wildman–Crippen LogP) is 1.30. The number of β-lactam (4-membered cyclic amide) rings is 1. The number of nitrogens with one attached hydrogen (secondary N) is 1. The maximum absolute atomic E-state index is 12.7. The van der Waals surface area contributed by atoms with Crippen LogP contribution in [0.15, 0.2) is 30.3 Å². The van der Waals surface area contributed by atoms with E-state index < -0.39 is 27.7 Å². The number of ether oxygens (including phenoxy) is 1. The third kappa shape index (κ3) is 2.47. The van der Waals surface area contributed by atoms with Crippen molar-refractivity contribution in [2.24, 2.45) is 0 Å².